The van der Waals surface area contributed by atoms with E-state index >= 15 is 0 Å². The molecule has 1 aliphatic rings. The Kier molecular flexibility index (Phi) is 3.59. The van der Waals surface area contributed by atoms with Crippen LogP contribution in [0.5, 0.6) is 0 Å². The lowest BCUT2D eigenvalue weighted by Crippen LogP contribution is -2.33. The number of anilines is 2. The highest BCUT2D eigenvalue weighted by molar-refractivity contribution is 6.07. The largest absolute Gasteiger partial charge is 0.345 e. The van der Waals surface area contributed by atoms with Crippen LogP contribution in [0.15, 0.2) is 29.5 Å². The molecule has 0 unspecified atom stereocenters. The van der Waals surface area contributed by atoms with Gasteiger partial charge in [-0.3, -0.25) is 4.79 Å². The normalized spacial score (nSPS) is 14.4. The number of hydrogen-bond donors (Lipinski definition) is 1. The maximum absolute atomic E-state index is 12.2. The van der Waals surface area contributed by atoms with Gasteiger partial charge in [0.05, 0.1) is 5.41 Å². The van der Waals surface area contributed by atoms with E-state index in [-0.39, 0.29) is 17.2 Å². The van der Waals surface area contributed by atoms with E-state index in [2.05, 4.69) is 5.32 Å². The number of benzene rings is 1. The Morgan fingerprint density at radius 1 is 1.18 bits per heavy atom. The molecule has 0 saturated carbocycles. The molecule has 0 aromatic heterocycles. The average Bonchev–Trinajstić information content (AvgIpc) is 2.68. The van der Waals surface area contributed by atoms with Gasteiger partial charge in [-0.25, -0.2) is 0 Å². The summed E-state index contributed by atoms with van der Waals surface area (Å²) in [6, 6.07) is 10.4. The highest BCUT2D eigenvalue weighted by Gasteiger charge is 2.42. The lowest BCUT2D eigenvalue weighted by Gasteiger charge is -2.16. The van der Waals surface area contributed by atoms with Crippen molar-refractivity contribution in [3.8, 4) is 18.2 Å². The van der Waals surface area contributed by atoms with Gasteiger partial charge in [0, 0.05) is 18.4 Å². The van der Waals surface area contributed by atoms with Crippen LogP contribution in [0.25, 0.3) is 0 Å². The lowest BCUT2D eigenvalue weighted by molar-refractivity contribution is -0.121. The van der Waals surface area contributed by atoms with E-state index in [0.717, 1.165) is 11.3 Å². The highest BCUT2D eigenvalue weighted by Crippen LogP contribution is 2.42. The van der Waals surface area contributed by atoms with Crippen LogP contribution < -0.4 is 10.2 Å². The second kappa shape index (κ2) is 5.24. The lowest BCUT2D eigenvalue weighted by atomic mass is 9.86. The molecule has 2 rings (SSSR count). The van der Waals surface area contributed by atoms with Gasteiger partial charge >= 0.3 is 0 Å². The predicted molar refractivity (Wildman–Crippen MR) is 80.4 cm³/mol. The SMILES string of the molecule is CN1C(=O)C(C)(C)c2ccc(NC(C#N)=C(C#N)C#N)cc21. The summed E-state index contributed by atoms with van der Waals surface area (Å²) < 4.78 is 0. The van der Waals surface area contributed by atoms with Gasteiger partial charge in [0.1, 0.15) is 23.9 Å². The number of amides is 1. The summed E-state index contributed by atoms with van der Waals surface area (Å²) in [7, 11) is 1.69. The standard InChI is InChI=1S/C16H13N5O/c1-16(2)12-5-4-11(6-14(12)21(3)15(16)22)20-13(9-19)10(7-17)8-18/h4-6,20H,1-3H3. The monoisotopic (exact) mass is 291 g/mol. The number of carbonyl (C=O) groups excluding carboxylic acids is 1. The Morgan fingerprint density at radius 2 is 1.82 bits per heavy atom. The quantitative estimate of drug-likeness (QED) is 0.841. The van der Waals surface area contributed by atoms with Crippen LogP contribution in [0, 0.1) is 34.0 Å². The second-order valence-corrected chi connectivity index (χ2v) is 5.43. The first-order chi connectivity index (χ1) is 10.4. The minimum absolute atomic E-state index is 0.00885. The summed E-state index contributed by atoms with van der Waals surface area (Å²) in [6.45, 7) is 3.71. The number of carbonyl (C=O) groups is 1. The number of nitriles is 3. The topological polar surface area (TPSA) is 104 Å². The number of hydrogen-bond acceptors (Lipinski definition) is 5. The molecule has 0 saturated heterocycles. The van der Waals surface area contributed by atoms with Crippen molar-refractivity contribution in [3.63, 3.8) is 0 Å². The van der Waals surface area contributed by atoms with Crippen molar-refractivity contribution in [1.29, 1.82) is 15.8 Å². The first-order valence-corrected chi connectivity index (χ1v) is 6.51. The summed E-state index contributed by atoms with van der Waals surface area (Å²) in [5.74, 6) is -0.00885. The van der Waals surface area contributed by atoms with Crippen LogP contribution in [-0.2, 0) is 10.2 Å². The molecule has 22 heavy (non-hydrogen) atoms. The number of fused-ring (bicyclic) bond motifs is 1. The molecule has 1 aromatic rings. The van der Waals surface area contributed by atoms with Gasteiger partial charge in [-0.05, 0) is 31.5 Å². The van der Waals surface area contributed by atoms with Gasteiger partial charge in [-0.2, -0.15) is 15.8 Å². The van der Waals surface area contributed by atoms with Crippen LogP contribution in [-0.4, -0.2) is 13.0 Å². The zero-order valence-electron chi connectivity index (χ0n) is 12.4. The van der Waals surface area contributed by atoms with E-state index in [1.807, 2.05) is 19.9 Å². The third kappa shape index (κ3) is 2.16. The fourth-order valence-electron chi connectivity index (χ4n) is 2.49. The molecule has 1 aliphatic heterocycles. The molecule has 1 N–H and O–H groups in total. The van der Waals surface area contributed by atoms with E-state index in [4.69, 9.17) is 15.8 Å². The number of nitrogens with one attached hydrogen (secondary N) is 1. The minimum Gasteiger partial charge on any atom is -0.345 e. The highest BCUT2D eigenvalue weighted by atomic mass is 16.2. The molecular weight excluding hydrogens is 278 g/mol. The van der Waals surface area contributed by atoms with Crippen molar-refractivity contribution in [2.45, 2.75) is 19.3 Å². The van der Waals surface area contributed by atoms with Gasteiger partial charge in [0.25, 0.3) is 0 Å². The Bertz CT molecular complexity index is 798. The average molecular weight is 291 g/mol. The number of nitrogens with zero attached hydrogens (tertiary/aromatic N) is 4. The van der Waals surface area contributed by atoms with Crippen LogP contribution in [0.2, 0.25) is 0 Å². The summed E-state index contributed by atoms with van der Waals surface area (Å²) in [4.78, 5) is 13.8. The number of allylic oxidation sites excluding steroid dienone is 2. The van der Waals surface area contributed by atoms with Crippen molar-refractivity contribution in [2.24, 2.45) is 0 Å². The van der Waals surface area contributed by atoms with Gasteiger partial charge in [0.15, 0.2) is 5.57 Å². The third-order valence-electron chi connectivity index (χ3n) is 3.73. The molecule has 6 nitrogen and oxygen atoms in total. The Balaban J connectivity index is 2.47. The van der Waals surface area contributed by atoms with Crippen LogP contribution >= 0.6 is 0 Å². The van der Waals surface area contributed by atoms with Crippen molar-refractivity contribution in [3.05, 3.63) is 35.0 Å². The molecule has 0 bridgehead atoms. The number of rotatable bonds is 2. The fourth-order valence-corrected chi connectivity index (χ4v) is 2.49. The van der Waals surface area contributed by atoms with Gasteiger partial charge in [-0.15, -0.1) is 0 Å². The van der Waals surface area contributed by atoms with Crippen LogP contribution in [0.3, 0.4) is 0 Å². The summed E-state index contributed by atoms with van der Waals surface area (Å²) in [6.07, 6.45) is 0. The van der Waals surface area contributed by atoms with E-state index in [1.54, 1.807) is 42.3 Å². The van der Waals surface area contributed by atoms with Gasteiger partial charge < -0.3 is 10.2 Å². The Hall–Kier alpha value is -3.30. The first-order valence-electron chi connectivity index (χ1n) is 6.51. The second-order valence-electron chi connectivity index (χ2n) is 5.43. The zero-order chi connectivity index (χ0) is 16.5. The fraction of sp³-hybridized carbons (Fsp3) is 0.250. The molecular formula is C16H13N5O. The van der Waals surface area contributed by atoms with Crippen LogP contribution in [0.4, 0.5) is 11.4 Å². The maximum atomic E-state index is 12.2. The molecule has 0 radical (unpaired) electrons. The summed E-state index contributed by atoms with van der Waals surface area (Å²) in [5, 5.41) is 29.5. The zero-order valence-corrected chi connectivity index (χ0v) is 12.4. The van der Waals surface area contributed by atoms with E-state index in [1.165, 1.54) is 0 Å². The van der Waals surface area contributed by atoms with Gasteiger partial charge in [-0.1, -0.05) is 6.07 Å². The van der Waals surface area contributed by atoms with Gasteiger partial charge in [0.2, 0.25) is 5.91 Å². The Morgan fingerprint density at radius 3 is 2.36 bits per heavy atom. The molecule has 1 aromatic carbocycles. The van der Waals surface area contributed by atoms with E-state index < -0.39 is 5.41 Å². The molecule has 108 valence electrons. The van der Waals surface area contributed by atoms with Crippen molar-refractivity contribution < 1.29 is 4.79 Å². The smallest absolute Gasteiger partial charge is 0.236 e. The third-order valence-corrected chi connectivity index (χ3v) is 3.73. The van der Waals surface area contributed by atoms with Crippen molar-refractivity contribution in [1.82, 2.24) is 0 Å². The summed E-state index contributed by atoms with van der Waals surface area (Å²) in [5.41, 5.74) is 1.18. The van der Waals surface area contributed by atoms with Crippen molar-refractivity contribution >= 4 is 17.3 Å². The molecule has 0 atom stereocenters. The summed E-state index contributed by atoms with van der Waals surface area (Å²) >= 11 is 0. The minimum atomic E-state index is -0.596. The van der Waals surface area contributed by atoms with Crippen LogP contribution in [0.1, 0.15) is 19.4 Å². The Labute approximate surface area is 128 Å². The van der Waals surface area contributed by atoms with E-state index in [0.29, 0.717) is 5.69 Å². The van der Waals surface area contributed by atoms with E-state index in [9.17, 15) is 4.79 Å². The number of likely N-dealkylation sites (N-methyl/N-ethyl adjacent to an activating group) is 1. The van der Waals surface area contributed by atoms with Crippen molar-refractivity contribution in [2.75, 3.05) is 17.3 Å². The maximum Gasteiger partial charge on any atom is 0.236 e. The molecule has 1 heterocycles. The molecule has 6 heteroatoms. The molecule has 0 aliphatic carbocycles. The predicted octanol–water partition coefficient (Wildman–Crippen LogP) is 2.18. The molecule has 0 spiro atoms. The molecule has 1 amide bonds. The first kappa shape index (κ1) is 15.1. The molecule has 0 fully saturated rings.